The topological polar surface area (TPSA) is 12.5 Å². The smallest absolute Gasteiger partial charge is 0.0702 e. The van der Waals surface area contributed by atoms with Crippen LogP contribution in [0.25, 0.3) is 0 Å². The molecule has 0 aromatic rings. The summed E-state index contributed by atoms with van der Waals surface area (Å²) in [4.78, 5) is 2.38. The molecule has 0 aromatic carbocycles. The van der Waals surface area contributed by atoms with Crippen molar-refractivity contribution in [3.8, 4) is 0 Å². The van der Waals surface area contributed by atoms with Crippen LogP contribution in [0.3, 0.4) is 0 Å². The van der Waals surface area contributed by atoms with Gasteiger partial charge in [0, 0.05) is 19.0 Å². The van der Waals surface area contributed by atoms with Crippen LogP contribution in [0.4, 0.5) is 0 Å². The van der Waals surface area contributed by atoms with Gasteiger partial charge in [0.15, 0.2) is 0 Å². The van der Waals surface area contributed by atoms with Crippen LogP contribution in [0.2, 0.25) is 0 Å². The Hall–Kier alpha value is 0.210. The zero-order valence-corrected chi connectivity index (χ0v) is 9.93. The molecule has 0 saturated carbocycles. The Balaban J connectivity index is 1.95. The third-order valence-electron chi connectivity index (χ3n) is 2.71. The normalized spacial score (nSPS) is 22.1. The van der Waals surface area contributed by atoms with Crippen molar-refractivity contribution in [1.29, 1.82) is 0 Å². The third-order valence-corrected chi connectivity index (χ3v) is 2.98. The van der Waals surface area contributed by atoms with Gasteiger partial charge in [-0.05, 0) is 39.3 Å². The summed E-state index contributed by atoms with van der Waals surface area (Å²) >= 11 is 5.62. The van der Waals surface area contributed by atoms with E-state index in [4.69, 9.17) is 16.3 Å². The Morgan fingerprint density at radius 1 is 1.36 bits per heavy atom. The maximum Gasteiger partial charge on any atom is 0.0702 e. The number of nitrogens with zero attached hydrogens (tertiary/aromatic N) is 1. The van der Waals surface area contributed by atoms with Gasteiger partial charge in [0.1, 0.15) is 0 Å². The highest BCUT2D eigenvalue weighted by Crippen LogP contribution is 2.12. The van der Waals surface area contributed by atoms with Crippen molar-refractivity contribution in [3.63, 3.8) is 0 Å². The molecule has 0 N–H and O–H groups in total. The van der Waals surface area contributed by atoms with Crippen LogP contribution in [0.15, 0.2) is 0 Å². The molecule has 1 rings (SSSR count). The molecule has 0 radical (unpaired) electrons. The maximum absolute atomic E-state index is 5.62. The highest BCUT2D eigenvalue weighted by atomic mass is 35.5. The Kier molecular flexibility index (Phi) is 6.57. The maximum atomic E-state index is 5.62. The fourth-order valence-corrected chi connectivity index (χ4v) is 2.07. The van der Waals surface area contributed by atoms with E-state index in [0.717, 1.165) is 25.5 Å². The van der Waals surface area contributed by atoms with Gasteiger partial charge in [-0.15, -0.1) is 11.6 Å². The van der Waals surface area contributed by atoms with Gasteiger partial charge in [-0.3, -0.25) is 0 Å². The van der Waals surface area contributed by atoms with Gasteiger partial charge in [-0.25, -0.2) is 0 Å². The molecule has 1 heterocycles. The molecule has 0 aliphatic carbocycles. The number of hydrogen-bond acceptors (Lipinski definition) is 2. The molecular formula is C11H22ClNO. The average molecular weight is 220 g/mol. The third kappa shape index (κ3) is 5.18. The van der Waals surface area contributed by atoms with Crippen LogP contribution in [0.1, 0.15) is 32.1 Å². The largest absolute Gasteiger partial charge is 0.377 e. The van der Waals surface area contributed by atoms with Crippen molar-refractivity contribution < 1.29 is 4.74 Å². The van der Waals surface area contributed by atoms with Crippen LogP contribution >= 0.6 is 11.6 Å². The van der Waals surface area contributed by atoms with E-state index in [2.05, 4.69) is 11.9 Å². The molecular weight excluding hydrogens is 198 g/mol. The molecule has 0 spiro atoms. The average Bonchev–Trinajstić information content (AvgIpc) is 2.65. The van der Waals surface area contributed by atoms with Crippen molar-refractivity contribution in [3.05, 3.63) is 0 Å². The summed E-state index contributed by atoms with van der Waals surface area (Å²) < 4.78 is 5.59. The molecule has 1 unspecified atom stereocenters. The van der Waals surface area contributed by atoms with Gasteiger partial charge in [-0.1, -0.05) is 6.42 Å². The van der Waals surface area contributed by atoms with E-state index in [9.17, 15) is 0 Å². The quantitative estimate of drug-likeness (QED) is 0.482. The van der Waals surface area contributed by atoms with E-state index in [1.165, 1.54) is 32.2 Å². The van der Waals surface area contributed by atoms with Gasteiger partial charge in [0.05, 0.1) is 6.10 Å². The second-order valence-corrected chi connectivity index (χ2v) is 4.52. The monoisotopic (exact) mass is 219 g/mol. The molecule has 0 amide bonds. The summed E-state index contributed by atoms with van der Waals surface area (Å²) in [6, 6.07) is 0. The number of halogens is 1. The predicted molar refractivity (Wildman–Crippen MR) is 61.0 cm³/mol. The van der Waals surface area contributed by atoms with Gasteiger partial charge in [0.2, 0.25) is 0 Å². The lowest BCUT2D eigenvalue weighted by Gasteiger charge is -2.20. The van der Waals surface area contributed by atoms with E-state index >= 15 is 0 Å². The van der Waals surface area contributed by atoms with Crippen molar-refractivity contribution in [1.82, 2.24) is 4.90 Å². The second kappa shape index (κ2) is 7.49. The zero-order valence-electron chi connectivity index (χ0n) is 9.17. The minimum atomic E-state index is 0.494. The highest BCUT2D eigenvalue weighted by Gasteiger charge is 2.16. The molecule has 0 bridgehead atoms. The van der Waals surface area contributed by atoms with E-state index < -0.39 is 0 Å². The van der Waals surface area contributed by atoms with Gasteiger partial charge >= 0.3 is 0 Å². The number of rotatable bonds is 7. The summed E-state index contributed by atoms with van der Waals surface area (Å²) in [5.74, 6) is 0.801. The summed E-state index contributed by atoms with van der Waals surface area (Å²) in [7, 11) is 2.18. The van der Waals surface area contributed by atoms with Gasteiger partial charge < -0.3 is 9.64 Å². The predicted octanol–water partition coefficient (Wildman–Crippen LogP) is 2.51. The lowest BCUT2D eigenvalue weighted by atomic mass is 10.2. The Bertz CT molecular complexity index is 137. The Morgan fingerprint density at radius 2 is 2.21 bits per heavy atom. The van der Waals surface area contributed by atoms with Gasteiger partial charge in [-0.2, -0.15) is 0 Å². The minimum Gasteiger partial charge on any atom is -0.377 e. The number of hydrogen-bond donors (Lipinski definition) is 0. The number of alkyl halides is 1. The van der Waals surface area contributed by atoms with Crippen LogP contribution in [0.5, 0.6) is 0 Å². The molecule has 84 valence electrons. The molecule has 0 aromatic heterocycles. The fraction of sp³-hybridized carbons (Fsp3) is 1.00. The summed E-state index contributed by atoms with van der Waals surface area (Å²) in [5, 5.41) is 0. The first kappa shape index (κ1) is 12.3. The minimum absolute atomic E-state index is 0.494. The van der Waals surface area contributed by atoms with Crippen molar-refractivity contribution in [2.24, 2.45) is 0 Å². The lowest BCUT2D eigenvalue weighted by molar-refractivity contribution is 0.0808. The lowest BCUT2D eigenvalue weighted by Crippen LogP contribution is -2.29. The van der Waals surface area contributed by atoms with Crippen molar-refractivity contribution in [2.75, 3.05) is 32.6 Å². The number of unbranched alkanes of at least 4 members (excludes halogenated alkanes) is 2. The summed E-state index contributed by atoms with van der Waals surface area (Å²) in [6.07, 6.45) is 6.63. The highest BCUT2D eigenvalue weighted by molar-refractivity contribution is 6.17. The van der Waals surface area contributed by atoms with E-state index in [0.29, 0.717) is 6.10 Å². The van der Waals surface area contributed by atoms with E-state index in [-0.39, 0.29) is 0 Å². The molecule has 1 aliphatic heterocycles. The van der Waals surface area contributed by atoms with Crippen LogP contribution in [0, 0.1) is 0 Å². The number of likely N-dealkylation sites (N-methyl/N-ethyl adjacent to an activating group) is 1. The SMILES string of the molecule is CN(CCCCCCl)CC1CCCO1. The molecule has 1 fully saturated rings. The molecule has 1 saturated heterocycles. The Morgan fingerprint density at radius 3 is 2.86 bits per heavy atom. The summed E-state index contributed by atoms with van der Waals surface area (Å²) in [6.45, 7) is 3.24. The van der Waals surface area contributed by atoms with Gasteiger partial charge in [0.25, 0.3) is 0 Å². The molecule has 3 heteroatoms. The molecule has 2 nitrogen and oxygen atoms in total. The fourth-order valence-electron chi connectivity index (χ4n) is 1.88. The van der Waals surface area contributed by atoms with Crippen LogP contribution in [-0.4, -0.2) is 43.6 Å². The molecule has 1 aliphatic rings. The Labute approximate surface area is 92.6 Å². The standard InChI is InChI=1S/C11H22ClNO/c1-13(8-4-2-3-7-12)10-11-6-5-9-14-11/h11H,2-10H2,1H3. The molecule has 14 heavy (non-hydrogen) atoms. The molecule has 1 atom stereocenters. The second-order valence-electron chi connectivity index (χ2n) is 4.15. The first-order valence-corrected chi connectivity index (χ1v) is 6.22. The first-order chi connectivity index (χ1) is 6.83. The first-order valence-electron chi connectivity index (χ1n) is 5.69. The van der Waals surface area contributed by atoms with Crippen LogP contribution < -0.4 is 0 Å². The summed E-state index contributed by atoms with van der Waals surface area (Å²) in [5.41, 5.74) is 0. The van der Waals surface area contributed by atoms with Crippen molar-refractivity contribution >= 4 is 11.6 Å². The van der Waals surface area contributed by atoms with Crippen molar-refractivity contribution in [2.45, 2.75) is 38.2 Å². The van der Waals surface area contributed by atoms with E-state index in [1.54, 1.807) is 0 Å². The zero-order chi connectivity index (χ0) is 10.2. The van der Waals surface area contributed by atoms with E-state index in [1.807, 2.05) is 0 Å². The number of ether oxygens (including phenoxy) is 1. The van der Waals surface area contributed by atoms with Crippen LogP contribution in [-0.2, 0) is 4.74 Å².